The van der Waals surface area contributed by atoms with Crippen LogP contribution in [0.15, 0.2) is 54.9 Å². The minimum absolute atomic E-state index is 0.305. The number of rotatable bonds is 7. The fourth-order valence-corrected chi connectivity index (χ4v) is 4.12. The van der Waals surface area contributed by atoms with Crippen LogP contribution in [0.1, 0.15) is 12.8 Å². The highest BCUT2D eigenvalue weighted by atomic mass is 16.5. The number of ether oxygens (including phenoxy) is 1. The van der Waals surface area contributed by atoms with E-state index in [1.54, 1.807) is 12.4 Å². The van der Waals surface area contributed by atoms with Gasteiger partial charge >= 0.3 is 0 Å². The van der Waals surface area contributed by atoms with E-state index < -0.39 is 6.10 Å². The predicted octanol–water partition coefficient (Wildman–Crippen LogP) is 3.06. The summed E-state index contributed by atoms with van der Waals surface area (Å²) in [5, 5.41) is 20.5. The minimum atomic E-state index is -0.488. The van der Waals surface area contributed by atoms with Gasteiger partial charge < -0.3 is 19.6 Å². The number of β-amino-alcohol motifs (C(OH)–C–C–N with tert-alkyl or cyclic N) is 1. The van der Waals surface area contributed by atoms with Crippen LogP contribution in [0.4, 0.5) is 0 Å². The van der Waals surface area contributed by atoms with E-state index in [1.807, 2.05) is 18.2 Å². The molecule has 0 saturated carbocycles. The number of benzene rings is 2. The molecule has 0 radical (unpaired) electrons. The van der Waals surface area contributed by atoms with Crippen LogP contribution in [0.25, 0.3) is 21.9 Å². The van der Waals surface area contributed by atoms with Gasteiger partial charge in [0.2, 0.25) is 0 Å². The summed E-state index contributed by atoms with van der Waals surface area (Å²) in [5.74, 6) is 0.784. The first-order valence-corrected chi connectivity index (χ1v) is 10.6. The molecule has 1 aromatic heterocycles. The van der Waals surface area contributed by atoms with E-state index in [4.69, 9.17) is 4.74 Å². The molecule has 1 atom stereocenters. The Labute approximate surface area is 178 Å². The second-order valence-electron chi connectivity index (χ2n) is 8.32. The molecular formula is C24H30N4O2. The fraction of sp³-hybridized carbons (Fsp3) is 0.417. The molecular weight excluding hydrogens is 376 g/mol. The van der Waals surface area contributed by atoms with Gasteiger partial charge in [0.1, 0.15) is 18.5 Å². The third-order valence-electron chi connectivity index (χ3n) is 5.93. The molecule has 0 bridgehead atoms. The molecule has 0 aliphatic carbocycles. The number of hydrogen-bond donors (Lipinski definition) is 1. The maximum Gasteiger partial charge on any atom is 0.120 e. The Morgan fingerprint density at radius 3 is 2.53 bits per heavy atom. The van der Waals surface area contributed by atoms with Gasteiger partial charge in [-0.15, -0.1) is 0 Å². The monoisotopic (exact) mass is 406 g/mol. The van der Waals surface area contributed by atoms with Crippen LogP contribution < -0.4 is 4.74 Å². The fourth-order valence-electron chi connectivity index (χ4n) is 4.12. The van der Waals surface area contributed by atoms with Crippen LogP contribution in [0, 0.1) is 0 Å². The number of fused-ring (bicyclic) bond motifs is 1. The number of aromatic nitrogens is 2. The Hall–Kier alpha value is -2.54. The zero-order chi connectivity index (χ0) is 20.9. The first-order valence-electron chi connectivity index (χ1n) is 10.6. The van der Waals surface area contributed by atoms with Gasteiger partial charge in [-0.3, -0.25) is 0 Å². The zero-order valence-electron chi connectivity index (χ0n) is 17.7. The summed E-state index contributed by atoms with van der Waals surface area (Å²) in [6.45, 7) is 3.04. The lowest BCUT2D eigenvalue weighted by atomic mass is 10.0. The van der Waals surface area contributed by atoms with Gasteiger partial charge in [-0.1, -0.05) is 18.2 Å². The van der Waals surface area contributed by atoms with Crippen molar-refractivity contribution in [1.29, 1.82) is 0 Å². The van der Waals surface area contributed by atoms with E-state index in [-0.39, 0.29) is 0 Å². The van der Waals surface area contributed by atoms with E-state index >= 15 is 0 Å². The zero-order valence-corrected chi connectivity index (χ0v) is 17.7. The summed E-state index contributed by atoms with van der Waals surface area (Å²) in [5.41, 5.74) is 2.16. The SMILES string of the molecule is CN(C)C1CCN(CC(O)COc2ccc3cc(-c4ccnnc4)ccc3c2)CC1. The highest BCUT2D eigenvalue weighted by Crippen LogP contribution is 2.26. The third-order valence-corrected chi connectivity index (χ3v) is 5.93. The first kappa shape index (κ1) is 20.7. The number of nitrogens with zero attached hydrogens (tertiary/aromatic N) is 4. The maximum atomic E-state index is 10.4. The van der Waals surface area contributed by atoms with Crippen molar-refractivity contribution in [1.82, 2.24) is 20.0 Å². The highest BCUT2D eigenvalue weighted by Gasteiger charge is 2.22. The molecule has 1 aliphatic heterocycles. The van der Waals surface area contributed by atoms with Gasteiger partial charge in [0.25, 0.3) is 0 Å². The molecule has 1 aliphatic rings. The molecule has 0 spiro atoms. The molecule has 1 N–H and O–H groups in total. The van der Waals surface area contributed by atoms with E-state index in [0.717, 1.165) is 53.6 Å². The molecule has 1 saturated heterocycles. The molecule has 6 heteroatoms. The van der Waals surface area contributed by atoms with Gasteiger partial charge in [0, 0.05) is 18.2 Å². The average molecular weight is 407 g/mol. The maximum absolute atomic E-state index is 10.4. The van der Waals surface area contributed by atoms with E-state index in [2.05, 4.69) is 58.4 Å². The lowest BCUT2D eigenvalue weighted by Gasteiger charge is -2.35. The van der Waals surface area contributed by atoms with Crippen molar-refractivity contribution in [2.45, 2.75) is 25.0 Å². The summed E-state index contributed by atoms with van der Waals surface area (Å²) in [6, 6.07) is 15.0. The second kappa shape index (κ2) is 9.51. The lowest BCUT2D eigenvalue weighted by molar-refractivity contribution is 0.0506. The molecule has 6 nitrogen and oxygen atoms in total. The minimum Gasteiger partial charge on any atom is -0.491 e. The summed E-state index contributed by atoms with van der Waals surface area (Å²) in [4.78, 5) is 4.64. The Morgan fingerprint density at radius 2 is 1.80 bits per heavy atom. The molecule has 1 unspecified atom stereocenters. The number of aliphatic hydroxyl groups is 1. The normalized spacial score (nSPS) is 16.8. The topological polar surface area (TPSA) is 61.7 Å². The molecule has 2 aromatic carbocycles. The Balaban J connectivity index is 1.32. The van der Waals surface area contributed by atoms with Crippen LogP contribution in [0.5, 0.6) is 5.75 Å². The van der Waals surface area contributed by atoms with Gasteiger partial charge in [-0.05, 0) is 80.6 Å². The molecule has 30 heavy (non-hydrogen) atoms. The van der Waals surface area contributed by atoms with Crippen LogP contribution >= 0.6 is 0 Å². The van der Waals surface area contributed by atoms with Crippen molar-refractivity contribution in [2.75, 3.05) is 40.3 Å². The quantitative estimate of drug-likeness (QED) is 0.651. The van der Waals surface area contributed by atoms with E-state index in [9.17, 15) is 5.11 Å². The van der Waals surface area contributed by atoms with Crippen molar-refractivity contribution < 1.29 is 9.84 Å². The summed E-state index contributed by atoms with van der Waals surface area (Å²) in [6.07, 6.45) is 5.29. The third kappa shape index (κ3) is 5.14. The number of likely N-dealkylation sites (tertiary alicyclic amines) is 1. The largest absolute Gasteiger partial charge is 0.491 e. The Bertz CT molecular complexity index is 956. The van der Waals surface area contributed by atoms with Crippen molar-refractivity contribution >= 4 is 10.8 Å². The number of hydrogen-bond acceptors (Lipinski definition) is 6. The van der Waals surface area contributed by atoms with E-state index in [1.165, 1.54) is 0 Å². The lowest BCUT2D eigenvalue weighted by Crippen LogP contribution is -2.45. The van der Waals surface area contributed by atoms with Gasteiger partial charge in [0.05, 0.1) is 12.4 Å². The molecule has 3 aromatic rings. The standard InChI is InChI=1S/C24H30N4O2/c1-27(2)22-8-11-28(12-9-22)16-23(29)17-30-24-6-5-18-13-19(3-4-20(18)14-24)21-7-10-25-26-15-21/h3-7,10,13-15,22-23,29H,8-9,11-12,16-17H2,1-2H3. The van der Waals surface area contributed by atoms with Crippen LogP contribution in [0.2, 0.25) is 0 Å². The summed E-state index contributed by atoms with van der Waals surface area (Å²) in [7, 11) is 4.29. The molecule has 1 fully saturated rings. The van der Waals surface area contributed by atoms with Gasteiger partial charge in [-0.2, -0.15) is 10.2 Å². The molecule has 0 amide bonds. The van der Waals surface area contributed by atoms with Crippen LogP contribution in [-0.2, 0) is 0 Å². The molecule has 4 rings (SSSR count). The summed E-state index contributed by atoms with van der Waals surface area (Å²) >= 11 is 0. The van der Waals surface area contributed by atoms with Crippen LogP contribution in [0.3, 0.4) is 0 Å². The summed E-state index contributed by atoms with van der Waals surface area (Å²) < 4.78 is 5.89. The molecule has 2 heterocycles. The molecule has 158 valence electrons. The number of aliphatic hydroxyl groups excluding tert-OH is 1. The Kier molecular flexibility index (Phi) is 6.57. The first-order chi connectivity index (χ1) is 14.6. The van der Waals surface area contributed by atoms with Crippen molar-refractivity contribution in [3.8, 4) is 16.9 Å². The van der Waals surface area contributed by atoms with Crippen LogP contribution in [-0.4, -0.2) is 77.6 Å². The van der Waals surface area contributed by atoms with Gasteiger partial charge in [-0.25, -0.2) is 0 Å². The Morgan fingerprint density at radius 1 is 1.03 bits per heavy atom. The predicted molar refractivity (Wildman–Crippen MR) is 120 cm³/mol. The second-order valence-corrected chi connectivity index (χ2v) is 8.32. The van der Waals surface area contributed by atoms with Gasteiger partial charge in [0.15, 0.2) is 0 Å². The average Bonchev–Trinajstić information content (AvgIpc) is 2.78. The highest BCUT2D eigenvalue weighted by molar-refractivity contribution is 5.88. The smallest absolute Gasteiger partial charge is 0.120 e. The van der Waals surface area contributed by atoms with Crippen molar-refractivity contribution in [2.24, 2.45) is 0 Å². The number of piperidine rings is 1. The van der Waals surface area contributed by atoms with Crippen molar-refractivity contribution in [3.05, 3.63) is 54.9 Å². The van der Waals surface area contributed by atoms with Crippen molar-refractivity contribution in [3.63, 3.8) is 0 Å². The van der Waals surface area contributed by atoms with E-state index in [0.29, 0.717) is 19.2 Å².